The SMILES string of the molecule is Cc1cccc(N(C)S(=O)(=O)c2ccc3c(c2)oc(=O)n3C)c1. The summed E-state index contributed by atoms with van der Waals surface area (Å²) < 4.78 is 33.2. The highest BCUT2D eigenvalue weighted by atomic mass is 32.2. The average molecular weight is 332 g/mol. The van der Waals surface area contributed by atoms with Crippen LogP contribution in [0.2, 0.25) is 0 Å². The van der Waals surface area contributed by atoms with Gasteiger partial charge in [0, 0.05) is 20.2 Å². The lowest BCUT2D eigenvalue weighted by Crippen LogP contribution is -2.26. The number of aryl methyl sites for hydroxylation is 2. The monoisotopic (exact) mass is 332 g/mol. The normalized spacial score (nSPS) is 11.8. The van der Waals surface area contributed by atoms with E-state index in [4.69, 9.17) is 4.42 Å². The van der Waals surface area contributed by atoms with Crippen molar-refractivity contribution in [3.8, 4) is 0 Å². The van der Waals surface area contributed by atoms with Gasteiger partial charge in [-0.1, -0.05) is 12.1 Å². The maximum atomic E-state index is 12.8. The number of hydrogen-bond acceptors (Lipinski definition) is 4. The van der Waals surface area contributed by atoms with E-state index in [9.17, 15) is 13.2 Å². The Morgan fingerprint density at radius 2 is 1.87 bits per heavy atom. The number of nitrogens with zero attached hydrogens (tertiary/aromatic N) is 2. The zero-order chi connectivity index (χ0) is 16.8. The summed E-state index contributed by atoms with van der Waals surface area (Å²) in [6, 6.07) is 11.6. The van der Waals surface area contributed by atoms with Crippen molar-refractivity contribution in [2.45, 2.75) is 11.8 Å². The van der Waals surface area contributed by atoms with Crippen LogP contribution in [0.5, 0.6) is 0 Å². The van der Waals surface area contributed by atoms with Gasteiger partial charge in [0.2, 0.25) is 0 Å². The van der Waals surface area contributed by atoms with E-state index in [0.29, 0.717) is 11.2 Å². The van der Waals surface area contributed by atoms with Crippen LogP contribution in [0.15, 0.2) is 56.6 Å². The molecule has 0 N–H and O–H groups in total. The lowest BCUT2D eigenvalue weighted by molar-refractivity contribution is 0.527. The highest BCUT2D eigenvalue weighted by molar-refractivity contribution is 7.92. The first-order chi connectivity index (χ1) is 10.8. The van der Waals surface area contributed by atoms with Crippen molar-refractivity contribution < 1.29 is 12.8 Å². The lowest BCUT2D eigenvalue weighted by atomic mass is 10.2. The first-order valence-corrected chi connectivity index (χ1v) is 8.40. The van der Waals surface area contributed by atoms with Gasteiger partial charge in [0.25, 0.3) is 10.0 Å². The second-order valence-corrected chi connectivity index (χ2v) is 7.34. The molecule has 0 aliphatic heterocycles. The van der Waals surface area contributed by atoms with E-state index in [1.807, 2.05) is 13.0 Å². The molecule has 0 bridgehead atoms. The van der Waals surface area contributed by atoms with Crippen molar-refractivity contribution >= 4 is 26.8 Å². The van der Waals surface area contributed by atoms with Gasteiger partial charge in [-0.2, -0.15) is 0 Å². The van der Waals surface area contributed by atoms with Gasteiger partial charge in [-0.3, -0.25) is 8.87 Å². The van der Waals surface area contributed by atoms with E-state index in [1.54, 1.807) is 31.3 Å². The van der Waals surface area contributed by atoms with Crippen LogP contribution in [0.25, 0.3) is 11.1 Å². The van der Waals surface area contributed by atoms with Gasteiger partial charge >= 0.3 is 5.76 Å². The van der Waals surface area contributed by atoms with E-state index >= 15 is 0 Å². The maximum Gasteiger partial charge on any atom is 0.419 e. The average Bonchev–Trinajstić information content (AvgIpc) is 2.81. The number of anilines is 1. The molecule has 0 saturated carbocycles. The highest BCUT2D eigenvalue weighted by Gasteiger charge is 2.22. The molecule has 0 aliphatic carbocycles. The fourth-order valence-electron chi connectivity index (χ4n) is 2.40. The van der Waals surface area contributed by atoms with Crippen LogP contribution in [0.3, 0.4) is 0 Å². The van der Waals surface area contributed by atoms with Crippen LogP contribution in [-0.4, -0.2) is 20.0 Å². The van der Waals surface area contributed by atoms with Crippen LogP contribution < -0.4 is 10.1 Å². The van der Waals surface area contributed by atoms with Gasteiger partial charge in [0.05, 0.1) is 16.1 Å². The fourth-order valence-corrected chi connectivity index (χ4v) is 3.60. The predicted octanol–water partition coefficient (Wildman–Crippen LogP) is 2.27. The standard InChI is InChI=1S/C16H16N2O4S/c1-11-5-4-6-12(9-11)18(3)23(20,21)13-7-8-14-15(10-13)22-16(19)17(14)2/h4-10H,1-3H3. The second kappa shape index (κ2) is 5.27. The minimum absolute atomic E-state index is 0.0726. The molecule has 7 heteroatoms. The first-order valence-electron chi connectivity index (χ1n) is 6.96. The molecule has 3 aromatic rings. The van der Waals surface area contributed by atoms with Gasteiger partial charge in [-0.15, -0.1) is 0 Å². The number of sulfonamides is 1. The van der Waals surface area contributed by atoms with E-state index in [2.05, 4.69) is 0 Å². The molecule has 6 nitrogen and oxygen atoms in total. The van der Waals surface area contributed by atoms with Crippen LogP contribution in [-0.2, 0) is 17.1 Å². The fraction of sp³-hybridized carbons (Fsp3) is 0.188. The van der Waals surface area contributed by atoms with E-state index in [-0.39, 0.29) is 10.5 Å². The molecule has 0 atom stereocenters. The van der Waals surface area contributed by atoms with Gasteiger partial charge in [-0.05, 0) is 36.8 Å². The third-order valence-corrected chi connectivity index (χ3v) is 5.57. The zero-order valence-electron chi connectivity index (χ0n) is 13.0. The van der Waals surface area contributed by atoms with Crippen molar-refractivity contribution in [1.82, 2.24) is 4.57 Å². The number of oxazole rings is 1. The second-order valence-electron chi connectivity index (χ2n) is 5.37. The van der Waals surface area contributed by atoms with Gasteiger partial charge < -0.3 is 4.42 Å². The molecule has 1 aromatic heterocycles. The zero-order valence-corrected chi connectivity index (χ0v) is 13.8. The molecule has 2 aromatic carbocycles. The number of aromatic nitrogens is 1. The summed E-state index contributed by atoms with van der Waals surface area (Å²) >= 11 is 0. The Morgan fingerprint density at radius 3 is 2.57 bits per heavy atom. The largest absolute Gasteiger partial charge is 0.419 e. The van der Waals surface area contributed by atoms with E-state index < -0.39 is 15.8 Å². The first kappa shape index (κ1) is 15.4. The quantitative estimate of drug-likeness (QED) is 0.737. The van der Waals surface area contributed by atoms with Crippen LogP contribution >= 0.6 is 0 Å². The van der Waals surface area contributed by atoms with Gasteiger partial charge in [-0.25, -0.2) is 13.2 Å². The minimum Gasteiger partial charge on any atom is -0.408 e. The summed E-state index contributed by atoms with van der Waals surface area (Å²) in [5, 5.41) is 0. The molecule has 0 aliphatic rings. The van der Waals surface area contributed by atoms with E-state index in [0.717, 1.165) is 5.56 Å². The van der Waals surface area contributed by atoms with Gasteiger partial charge in [0.15, 0.2) is 5.58 Å². The minimum atomic E-state index is -3.74. The van der Waals surface area contributed by atoms with Crippen molar-refractivity contribution in [2.24, 2.45) is 7.05 Å². The molecule has 0 amide bonds. The molecular weight excluding hydrogens is 316 g/mol. The molecule has 0 saturated heterocycles. The Labute approximate surface area is 133 Å². The Morgan fingerprint density at radius 1 is 1.13 bits per heavy atom. The molecule has 0 radical (unpaired) electrons. The smallest absolute Gasteiger partial charge is 0.408 e. The number of benzene rings is 2. The number of fused-ring (bicyclic) bond motifs is 1. The summed E-state index contributed by atoms with van der Waals surface area (Å²) in [7, 11) is -0.676. The summed E-state index contributed by atoms with van der Waals surface area (Å²) in [4.78, 5) is 11.6. The van der Waals surface area contributed by atoms with Crippen molar-refractivity contribution in [1.29, 1.82) is 0 Å². The van der Waals surface area contributed by atoms with Crippen LogP contribution in [0.1, 0.15) is 5.56 Å². The van der Waals surface area contributed by atoms with E-state index in [1.165, 1.54) is 28.1 Å². The topological polar surface area (TPSA) is 72.5 Å². The third kappa shape index (κ3) is 2.53. The molecule has 3 rings (SSSR count). The molecule has 0 unspecified atom stereocenters. The Hall–Kier alpha value is -2.54. The van der Waals surface area contributed by atoms with Crippen LogP contribution in [0.4, 0.5) is 5.69 Å². The molecular formula is C16H16N2O4S. The van der Waals surface area contributed by atoms with Crippen molar-refractivity contribution in [2.75, 3.05) is 11.4 Å². The van der Waals surface area contributed by atoms with Crippen LogP contribution in [0, 0.1) is 6.92 Å². The number of rotatable bonds is 3. The molecule has 1 heterocycles. The van der Waals surface area contributed by atoms with Crippen molar-refractivity contribution in [3.63, 3.8) is 0 Å². The summed E-state index contributed by atoms with van der Waals surface area (Å²) in [6.45, 7) is 1.90. The summed E-state index contributed by atoms with van der Waals surface area (Å²) in [6.07, 6.45) is 0. The van der Waals surface area contributed by atoms with Crippen molar-refractivity contribution in [3.05, 3.63) is 58.6 Å². The Balaban J connectivity index is 2.10. The highest BCUT2D eigenvalue weighted by Crippen LogP contribution is 2.25. The molecule has 120 valence electrons. The molecule has 0 fully saturated rings. The molecule has 0 spiro atoms. The number of hydrogen-bond donors (Lipinski definition) is 0. The van der Waals surface area contributed by atoms with Gasteiger partial charge in [0.1, 0.15) is 0 Å². The summed E-state index contributed by atoms with van der Waals surface area (Å²) in [5.41, 5.74) is 2.33. The maximum absolute atomic E-state index is 12.8. The third-order valence-electron chi connectivity index (χ3n) is 3.79. The Kier molecular flexibility index (Phi) is 3.52. The molecule has 23 heavy (non-hydrogen) atoms. The Bertz CT molecular complexity index is 1050. The predicted molar refractivity (Wildman–Crippen MR) is 88.2 cm³/mol. The summed E-state index contributed by atoms with van der Waals surface area (Å²) in [5.74, 6) is -0.526. The lowest BCUT2D eigenvalue weighted by Gasteiger charge is -2.19.